The van der Waals surface area contributed by atoms with Crippen LogP contribution < -0.4 is 20.1 Å². The highest BCUT2D eigenvalue weighted by molar-refractivity contribution is 5.92. The van der Waals surface area contributed by atoms with Gasteiger partial charge < -0.3 is 19.3 Å². The first kappa shape index (κ1) is 19.5. The van der Waals surface area contributed by atoms with Crippen molar-refractivity contribution in [2.24, 2.45) is 0 Å². The summed E-state index contributed by atoms with van der Waals surface area (Å²) in [4.78, 5) is 12.0. The third-order valence-corrected chi connectivity index (χ3v) is 3.37. The van der Waals surface area contributed by atoms with Crippen LogP contribution in [0.4, 0.5) is 20.4 Å². The molecule has 0 aliphatic heterocycles. The molecule has 0 radical (unpaired) electrons. The molecule has 0 fully saturated rings. The lowest BCUT2D eigenvalue weighted by Crippen LogP contribution is -2.21. The predicted octanol–water partition coefficient (Wildman–Crippen LogP) is 3.63. The lowest BCUT2D eigenvalue weighted by atomic mass is 9.92. The number of hydrogen-bond acceptors (Lipinski definition) is 6. The summed E-state index contributed by atoms with van der Waals surface area (Å²) >= 11 is 0. The van der Waals surface area contributed by atoms with Crippen LogP contribution in [0.5, 0.6) is 11.5 Å². The Hall–Kier alpha value is -2.84. The standard InChI is InChI=1S/C17H21F2N3O4/c1-17(2,3)13-8-15(26-22-13)21-14(23)9-20-10-5-6-11(24-4)12(7-10)25-16(18)19/h5-8,16,20H,9H2,1-4H3,(H,21,23). The summed E-state index contributed by atoms with van der Waals surface area (Å²) in [5.41, 5.74) is 0.934. The third-order valence-electron chi connectivity index (χ3n) is 3.37. The Morgan fingerprint density at radius 3 is 2.58 bits per heavy atom. The van der Waals surface area contributed by atoms with Crippen LogP contribution >= 0.6 is 0 Å². The summed E-state index contributed by atoms with van der Waals surface area (Å²) in [6, 6.07) is 6.02. The minimum absolute atomic E-state index is 0.105. The predicted molar refractivity (Wildman–Crippen MR) is 91.9 cm³/mol. The number of rotatable bonds is 7. The largest absolute Gasteiger partial charge is 0.493 e. The fourth-order valence-electron chi connectivity index (χ4n) is 2.03. The number of amides is 1. The first-order valence-electron chi connectivity index (χ1n) is 7.83. The quantitative estimate of drug-likeness (QED) is 0.775. The smallest absolute Gasteiger partial charge is 0.387 e. The Balaban J connectivity index is 1.95. The van der Waals surface area contributed by atoms with Gasteiger partial charge in [0.05, 0.1) is 19.3 Å². The number of nitrogens with one attached hydrogen (secondary N) is 2. The molecule has 1 aromatic heterocycles. The van der Waals surface area contributed by atoms with E-state index >= 15 is 0 Å². The molecule has 142 valence electrons. The van der Waals surface area contributed by atoms with Crippen molar-refractivity contribution in [2.75, 3.05) is 24.3 Å². The number of ether oxygens (including phenoxy) is 2. The molecule has 2 rings (SSSR count). The molecule has 26 heavy (non-hydrogen) atoms. The number of carbonyl (C=O) groups excluding carboxylic acids is 1. The van der Waals surface area contributed by atoms with Crippen LogP contribution in [0.3, 0.4) is 0 Å². The number of aromatic nitrogens is 1. The van der Waals surface area contributed by atoms with E-state index in [9.17, 15) is 13.6 Å². The van der Waals surface area contributed by atoms with Gasteiger partial charge in [0.1, 0.15) is 0 Å². The Bertz CT molecular complexity index is 757. The highest BCUT2D eigenvalue weighted by Crippen LogP contribution is 2.31. The SMILES string of the molecule is COc1ccc(NCC(=O)Nc2cc(C(C)(C)C)no2)cc1OC(F)F. The van der Waals surface area contributed by atoms with Crippen molar-refractivity contribution in [3.8, 4) is 11.5 Å². The minimum Gasteiger partial charge on any atom is -0.493 e. The summed E-state index contributed by atoms with van der Waals surface area (Å²) in [7, 11) is 1.34. The molecule has 0 unspecified atom stereocenters. The summed E-state index contributed by atoms with van der Waals surface area (Å²) in [6.07, 6.45) is 0. The molecule has 9 heteroatoms. The van der Waals surface area contributed by atoms with E-state index < -0.39 is 6.61 Å². The highest BCUT2D eigenvalue weighted by atomic mass is 19.3. The van der Waals surface area contributed by atoms with E-state index in [1.165, 1.54) is 19.2 Å². The average molecular weight is 369 g/mol. The maximum Gasteiger partial charge on any atom is 0.387 e. The average Bonchev–Trinajstić information content (AvgIpc) is 3.01. The molecule has 0 bridgehead atoms. The van der Waals surface area contributed by atoms with Crippen molar-refractivity contribution < 1.29 is 27.6 Å². The number of methoxy groups -OCH3 is 1. The van der Waals surface area contributed by atoms with Crippen LogP contribution in [-0.2, 0) is 10.2 Å². The molecule has 0 aliphatic carbocycles. The number of hydrogen-bond donors (Lipinski definition) is 2. The number of halogens is 2. The second-order valence-corrected chi connectivity index (χ2v) is 6.47. The molecule has 0 aliphatic rings. The zero-order valence-electron chi connectivity index (χ0n) is 14.9. The van der Waals surface area contributed by atoms with Crippen LogP contribution in [-0.4, -0.2) is 31.3 Å². The zero-order valence-corrected chi connectivity index (χ0v) is 14.9. The van der Waals surface area contributed by atoms with Gasteiger partial charge in [-0.1, -0.05) is 25.9 Å². The van der Waals surface area contributed by atoms with Gasteiger partial charge in [-0.15, -0.1) is 0 Å². The van der Waals surface area contributed by atoms with Gasteiger partial charge in [-0.05, 0) is 12.1 Å². The van der Waals surface area contributed by atoms with E-state index in [2.05, 4.69) is 20.5 Å². The maximum atomic E-state index is 12.4. The number of anilines is 2. The molecular formula is C17H21F2N3O4. The van der Waals surface area contributed by atoms with Crippen LogP contribution in [0.25, 0.3) is 0 Å². The van der Waals surface area contributed by atoms with Gasteiger partial charge in [0.25, 0.3) is 0 Å². The van der Waals surface area contributed by atoms with Crippen molar-refractivity contribution in [2.45, 2.75) is 32.8 Å². The summed E-state index contributed by atoms with van der Waals surface area (Å²) in [5.74, 6) is -0.110. The van der Waals surface area contributed by atoms with Gasteiger partial charge in [0.2, 0.25) is 11.8 Å². The molecule has 0 spiro atoms. The lowest BCUT2D eigenvalue weighted by Gasteiger charge is -2.12. The van der Waals surface area contributed by atoms with E-state index in [-0.39, 0.29) is 35.3 Å². The Morgan fingerprint density at radius 2 is 2.00 bits per heavy atom. The van der Waals surface area contributed by atoms with Gasteiger partial charge in [-0.2, -0.15) is 8.78 Å². The summed E-state index contributed by atoms with van der Waals surface area (Å²) < 4.78 is 39.3. The van der Waals surface area contributed by atoms with E-state index in [1.54, 1.807) is 12.1 Å². The Labute approximate surface area is 149 Å². The second kappa shape index (κ2) is 8.03. The molecule has 0 atom stereocenters. The highest BCUT2D eigenvalue weighted by Gasteiger charge is 2.19. The molecule has 2 aromatic rings. The summed E-state index contributed by atoms with van der Waals surface area (Å²) in [5, 5.41) is 9.29. The molecular weight excluding hydrogens is 348 g/mol. The fourth-order valence-corrected chi connectivity index (χ4v) is 2.03. The van der Waals surface area contributed by atoms with E-state index in [4.69, 9.17) is 9.26 Å². The first-order chi connectivity index (χ1) is 12.2. The Morgan fingerprint density at radius 1 is 1.27 bits per heavy atom. The van der Waals surface area contributed by atoms with Crippen LogP contribution in [0, 0.1) is 0 Å². The number of benzene rings is 1. The number of alkyl halides is 2. The number of nitrogens with zero attached hydrogens (tertiary/aromatic N) is 1. The van der Waals surface area contributed by atoms with Crippen molar-refractivity contribution in [1.82, 2.24) is 5.16 Å². The van der Waals surface area contributed by atoms with Crippen molar-refractivity contribution in [1.29, 1.82) is 0 Å². The van der Waals surface area contributed by atoms with Gasteiger partial charge in [-0.25, -0.2) is 0 Å². The third kappa shape index (κ3) is 5.33. The monoisotopic (exact) mass is 369 g/mol. The van der Waals surface area contributed by atoms with Gasteiger partial charge in [0, 0.05) is 23.2 Å². The van der Waals surface area contributed by atoms with Crippen molar-refractivity contribution in [3.05, 3.63) is 30.0 Å². The van der Waals surface area contributed by atoms with E-state index in [0.717, 1.165) is 0 Å². The molecule has 0 saturated carbocycles. The van der Waals surface area contributed by atoms with Gasteiger partial charge in [-0.3, -0.25) is 10.1 Å². The zero-order chi connectivity index (χ0) is 19.3. The molecule has 0 saturated heterocycles. The lowest BCUT2D eigenvalue weighted by molar-refractivity contribution is -0.114. The summed E-state index contributed by atoms with van der Waals surface area (Å²) in [6.45, 7) is 2.83. The van der Waals surface area contributed by atoms with Crippen LogP contribution in [0.2, 0.25) is 0 Å². The van der Waals surface area contributed by atoms with E-state index in [1.807, 2.05) is 20.8 Å². The maximum absolute atomic E-state index is 12.4. The number of carbonyl (C=O) groups is 1. The molecule has 1 amide bonds. The minimum atomic E-state index is -2.98. The van der Waals surface area contributed by atoms with Gasteiger partial charge >= 0.3 is 6.61 Å². The fraction of sp³-hybridized carbons (Fsp3) is 0.412. The second-order valence-electron chi connectivity index (χ2n) is 6.47. The van der Waals surface area contributed by atoms with Crippen molar-refractivity contribution in [3.63, 3.8) is 0 Å². The van der Waals surface area contributed by atoms with Crippen molar-refractivity contribution >= 4 is 17.5 Å². The van der Waals surface area contributed by atoms with E-state index in [0.29, 0.717) is 11.4 Å². The first-order valence-corrected chi connectivity index (χ1v) is 7.83. The molecule has 2 N–H and O–H groups in total. The molecule has 1 aromatic carbocycles. The Kier molecular flexibility index (Phi) is 6.01. The normalized spacial score (nSPS) is 11.3. The topological polar surface area (TPSA) is 85.6 Å². The van der Waals surface area contributed by atoms with Crippen LogP contribution in [0.15, 0.2) is 28.8 Å². The molecule has 1 heterocycles. The van der Waals surface area contributed by atoms with Crippen LogP contribution in [0.1, 0.15) is 26.5 Å². The van der Waals surface area contributed by atoms with Gasteiger partial charge in [0.15, 0.2) is 11.5 Å². The molecule has 7 nitrogen and oxygen atoms in total.